The number of para-hydroxylation sites is 1. The Kier molecular flexibility index (Phi) is 1.33. The molecule has 0 bridgehead atoms. The zero-order valence-corrected chi connectivity index (χ0v) is 5.62. The first-order chi connectivity index (χ1) is 5.47. The second-order valence-corrected chi connectivity index (χ2v) is 1.98. The van der Waals surface area contributed by atoms with Gasteiger partial charge in [0.05, 0.1) is 5.69 Å². The molecule has 0 radical (unpaired) electrons. The third kappa shape index (κ3) is 1.07. The molecule has 0 fully saturated rings. The van der Waals surface area contributed by atoms with Crippen LogP contribution in [0.25, 0.3) is 5.69 Å². The summed E-state index contributed by atoms with van der Waals surface area (Å²) in [5.41, 5.74) is 0.859. The Morgan fingerprint density at radius 3 is 2.18 bits per heavy atom. The molecule has 0 aliphatic carbocycles. The molecule has 0 unspecified atom stereocenters. The van der Waals surface area contributed by atoms with E-state index in [9.17, 15) is 0 Å². The van der Waals surface area contributed by atoms with Crippen LogP contribution in [0.4, 0.5) is 0 Å². The lowest BCUT2D eigenvalue weighted by molar-refractivity contribution is 0.712. The number of hydrogen-bond donors (Lipinski definition) is 0. The Morgan fingerprint density at radius 1 is 0.909 bits per heavy atom. The highest BCUT2D eigenvalue weighted by atomic mass is 15.7. The van der Waals surface area contributed by atoms with Crippen molar-refractivity contribution in [3.63, 3.8) is 0 Å². The molecule has 2 rings (SSSR count). The Bertz CT molecular complexity index is 314. The summed E-state index contributed by atoms with van der Waals surface area (Å²) >= 11 is 0. The van der Waals surface area contributed by atoms with E-state index in [1.54, 1.807) is 0 Å². The lowest BCUT2D eigenvalue weighted by Crippen LogP contribution is -1.97. The standard InChI is InChI=1S/C6H5N5/c1-2-4-6(5-3-1)11-9-7-8-10-11/h1-5H. The summed E-state index contributed by atoms with van der Waals surface area (Å²) in [5.74, 6) is 0. The molecule has 5 nitrogen and oxygen atoms in total. The monoisotopic (exact) mass is 147 g/mol. The summed E-state index contributed by atoms with van der Waals surface area (Å²) in [5, 5.41) is 14.0. The van der Waals surface area contributed by atoms with Crippen LogP contribution in [0.2, 0.25) is 0 Å². The van der Waals surface area contributed by atoms with Crippen LogP contribution in [0.15, 0.2) is 30.3 Å². The highest BCUT2D eigenvalue weighted by Crippen LogP contribution is 1.99. The second-order valence-electron chi connectivity index (χ2n) is 1.98. The molecular weight excluding hydrogens is 142 g/mol. The average molecular weight is 147 g/mol. The van der Waals surface area contributed by atoms with Crippen LogP contribution in [-0.2, 0) is 0 Å². The van der Waals surface area contributed by atoms with Crippen molar-refractivity contribution in [2.24, 2.45) is 0 Å². The average Bonchev–Trinajstić information content (AvgIpc) is 2.58. The summed E-state index contributed by atoms with van der Waals surface area (Å²) in [7, 11) is 0. The van der Waals surface area contributed by atoms with E-state index in [4.69, 9.17) is 0 Å². The molecule has 0 N–H and O–H groups in total. The van der Waals surface area contributed by atoms with Crippen LogP contribution in [-0.4, -0.2) is 25.7 Å². The van der Waals surface area contributed by atoms with Crippen LogP contribution < -0.4 is 0 Å². The van der Waals surface area contributed by atoms with Crippen molar-refractivity contribution in [3.8, 4) is 5.69 Å². The van der Waals surface area contributed by atoms with Crippen LogP contribution >= 0.6 is 0 Å². The third-order valence-corrected chi connectivity index (χ3v) is 1.28. The Labute approximate surface area is 62.6 Å². The summed E-state index contributed by atoms with van der Waals surface area (Å²) in [6.45, 7) is 0. The number of nitrogens with zero attached hydrogens (tertiary/aromatic N) is 5. The third-order valence-electron chi connectivity index (χ3n) is 1.28. The predicted octanol–water partition coefficient (Wildman–Crippen LogP) is 0.0573. The van der Waals surface area contributed by atoms with Crippen molar-refractivity contribution in [1.29, 1.82) is 0 Å². The predicted molar refractivity (Wildman–Crippen MR) is 36.9 cm³/mol. The molecule has 0 aliphatic rings. The van der Waals surface area contributed by atoms with Crippen molar-refractivity contribution in [3.05, 3.63) is 30.3 Å². The van der Waals surface area contributed by atoms with Gasteiger partial charge in [0, 0.05) is 0 Å². The smallest absolute Gasteiger partial charge is 0.0893 e. The van der Waals surface area contributed by atoms with Gasteiger partial charge in [-0.2, -0.15) is 0 Å². The van der Waals surface area contributed by atoms with Gasteiger partial charge in [-0.25, -0.2) is 0 Å². The Morgan fingerprint density at radius 2 is 1.55 bits per heavy atom. The highest BCUT2D eigenvalue weighted by molar-refractivity contribution is 5.27. The van der Waals surface area contributed by atoms with Crippen LogP contribution in [0, 0.1) is 0 Å². The zero-order valence-electron chi connectivity index (χ0n) is 5.62. The molecule has 1 aromatic carbocycles. The minimum absolute atomic E-state index is 0.859. The molecule has 2 aromatic rings. The van der Waals surface area contributed by atoms with E-state index in [2.05, 4.69) is 20.9 Å². The first kappa shape index (κ1) is 5.96. The minimum atomic E-state index is 0.859. The Balaban J connectivity index is 2.46. The van der Waals surface area contributed by atoms with Gasteiger partial charge >= 0.3 is 0 Å². The summed E-state index contributed by atoms with van der Waals surface area (Å²) in [6.07, 6.45) is 0. The van der Waals surface area contributed by atoms with E-state index in [-0.39, 0.29) is 0 Å². The maximum Gasteiger partial charge on any atom is 0.0893 e. The number of hydrogen-bond acceptors (Lipinski definition) is 4. The summed E-state index contributed by atoms with van der Waals surface area (Å²) < 4.78 is 0. The number of benzene rings is 1. The van der Waals surface area contributed by atoms with Crippen LogP contribution in [0.5, 0.6) is 0 Å². The van der Waals surface area contributed by atoms with Gasteiger partial charge in [0.25, 0.3) is 0 Å². The molecule has 5 heteroatoms. The van der Waals surface area contributed by atoms with Crippen molar-refractivity contribution in [2.45, 2.75) is 0 Å². The zero-order chi connectivity index (χ0) is 7.52. The van der Waals surface area contributed by atoms with Gasteiger partial charge in [0.15, 0.2) is 0 Å². The van der Waals surface area contributed by atoms with Gasteiger partial charge in [0.1, 0.15) is 0 Å². The molecule has 54 valence electrons. The molecule has 0 saturated carbocycles. The normalized spacial score (nSPS) is 9.82. The fourth-order valence-electron chi connectivity index (χ4n) is 0.794. The number of rotatable bonds is 1. The highest BCUT2D eigenvalue weighted by Gasteiger charge is 1.94. The number of aromatic nitrogens is 5. The largest absolute Gasteiger partial charge is 0.111 e. The fraction of sp³-hybridized carbons (Fsp3) is 0. The maximum atomic E-state index is 3.63. The van der Waals surface area contributed by atoms with E-state index < -0.39 is 0 Å². The van der Waals surface area contributed by atoms with Gasteiger partial charge in [0.2, 0.25) is 0 Å². The van der Waals surface area contributed by atoms with Gasteiger partial charge in [-0.3, -0.25) is 0 Å². The molecule has 0 spiro atoms. The molecule has 0 saturated heterocycles. The molecule has 11 heavy (non-hydrogen) atoms. The quantitative estimate of drug-likeness (QED) is 0.572. The SMILES string of the molecule is c1ccc(-n2nnnn2)cc1. The molecule has 1 aromatic heterocycles. The lowest BCUT2D eigenvalue weighted by atomic mass is 10.3. The first-order valence-corrected chi connectivity index (χ1v) is 3.13. The maximum absolute atomic E-state index is 3.63. The van der Waals surface area contributed by atoms with Crippen molar-refractivity contribution < 1.29 is 0 Å². The van der Waals surface area contributed by atoms with Crippen molar-refractivity contribution >= 4 is 0 Å². The molecule has 1 heterocycles. The van der Waals surface area contributed by atoms with Crippen molar-refractivity contribution in [1.82, 2.24) is 25.7 Å². The summed E-state index contributed by atoms with van der Waals surface area (Å²) in [6, 6.07) is 9.48. The first-order valence-electron chi connectivity index (χ1n) is 3.13. The van der Waals surface area contributed by atoms with Crippen molar-refractivity contribution in [2.75, 3.05) is 0 Å². The van der Waals surface area contributed by atoms with E-state index in [1.807, 2.05) is 30.3 Å². The van der Waals surface area contributed by atoms with E-state index in [1.165, 1.54) is 4.80 Å². The molecule has 0 atom stereocenters. The lowest BCUT2D eigenvalue weighted by Gasteiger charge is -1.92. The topological polar surface area (TPSA) is 56.5 Å². The molecule has 0 aliphatic heterocycles. The van der Waals surface area contributed by atoms with Gasteiger partial charge < -0.3 is 0 Å². The van der Waals surface area contributed by atoms with Gasteiger partial charge in [-0.05, 0) is 33.0 Å². The fourth-order valence-corrected chi connectivity index (χ4v) is 0.794. The summed E-state index contributed by atoms with van der Waals surface area (Å²) in [4.78, 5) is 1.36. The minimum Gasteiger partial charge on any atom is -0.111 e. The van der Waals surface area contributed by atoms with Gasteiger partial charge in [-0.15, -0.1) is 4.80 Å². The van der Waals surface area contributed by atoms with Crippen LogP contribution in [0.1, 0.15) is 0 Å². The Hall–Kier alpha value is -1.78. The van der Waals surface area contributed by atoms with E-state index >= 15 is 0 Å². The van der Waals surface area contributed by atoms with E-state index in [0.717, 1.165) is 5.69 Å². The van der Waals surface area contributed by atoms with Gasteiger partial charge in [-0.1, -0.05) is 18.2 Å². The van der Waals surface area contributed by atoms with Crippen LogP contribution in [0.3, 0.4) is 0 Å². The second kappa shape index (κ2) is 2.45. The molecular formula is C6H5N5. The van der Waals surface area contributed by atoms with E-state index in [0.29, 0.717) is 0 Å². The molecule has 0 amide bonds.